The zero-order chi connectivity index (χ0) is 11.9. The predicted molar refractivity (Wildman–Crippen MR) is 58.4 cm³/mol. The molecule has 0 fully saturated rings. The second kappa shape index (κ2) is 6.64. The summed E-state index contributed by atoms with van der Waals surface area (Å²) in [5, 5.41) is 0. The second-order valence-corrected chi connectivity index (χ2v) is 5.03. The maximum atomic E-state index is 10.8. The zero-order valence-corrected chi connectivity index (χ0v) is 10.8. The smallest absolute Gasteiger partial charge is 0.265 e. The minimum absolute atomic E-state index is 0.597. The Morgan fingerprint density at radius 2 is 1.80 bits per heavy atom. The van der Waals surface area contributed by atoms with E-state index in [1.807, 2.05) is 13.8 Å². The van der Waals surface area contributed by atoms with Crippen LogP contribution in [0, 0.1) is 0 Å². The molecule has 0 amide bonds. The summed E-state index contributed by atoms with van der Waals surface area (Å²) in [4.78, 5) is 19.5. The molecule has 0 heterocycles. The molecule has 5 heteroatoms. The topological polar surface area (TPSA) is 69.6 Å². The van der Waals surface area contributed by atoms with Crippen LogP contribution in [0.2, 0.25) is 0 Å². The third kappa shape index (κ3) is 6.31. The minimum atomic E-state index is -4.62. The number of phosphoric ester groups is 1. The van der Waals surface area contributed by atoms with E-state index in [-0.39, 0.29) is 0 Å². The van der Waals surface area contributed by atoms with E-state index in [9.17, 15) is 9.46 Å². The average Bonchev–Trinajstić information content (AvgIpc) is 2.15. The minimum Gasteiger partial charge on any atom is -0.756 e. The molecule has 0 rings (SSSR count). The molecule has 0 saturated carbocycles. The molecule has 0 aromatic rings. The lowest BCUT2D eigenvalue weighted by atomic mass is 9.91. The molecule has 1 atom stereocenters. The quantitative estimate of drug-likeness (QED) is 0.520. The number of unbranched alkanes of at least 4 members (excludes halogenated alkanes) is 2. The number of phosphoric acid groups is 1. The maximum absolute atomic E-state index is 10.8. The van der Waals surface area contributed by atoms with E-state index >= 15 is 0 Å². The first-order valence-electron chi connectivity index (χ1n) is 5.63. The molecule has 0 saturated heterocycles. The lowest BCUT2D eigenvalue weighted by Crippen LogP contribution is -2.31. The molecule has 0 aromatic heterocycles. The van der Waals surface area contributed by atoms with Crippen molar-refractivity contribution in [2.24, 2.45) is 0 Å². The molecule has 0 aliphatic carbocycles. The van der Waals surface area contributed by atoms with E-state index in [0.717, 1.165) is 19.3 Å². The van der Waals surface area contributed by atoms with Gasteiger partial charge in [0.05, 0.1) is 5.60 Å². The number of hydrogen-bond acceptors (Lipinski definition) is 3. The van der Waals surface area contributed by atoms with Crippen molar-refractivity contribution in [2.45, 2.75) is 64.9 Å². The van der Waals surface area contributed by atoms with Gasteiger partial charge in [-0.1, -0.05) is 40.0 Å². The van der Waals surface area contributed by atoms with E-state index in [1.165, 1.54) is 0 Å². The van der Waals surface area contributed by atoms with Crippen molar-refractivity contribution < 1.29 is 18.9 Å². The van der Waals surface area contributed by atoms with E-state index in [0.29, 0.717) is 19.3 Å². The molecule has 0 aliphatic rings. The van der Waals surface area contributed by atoms with Gasteiger partial charge in [0, 0.05) is 0 Å². The predicted octanol–water partition coefficient (Wildman–Crippen LogP) is 2.60. The van der Waals surface area contributed by atoms with Crippen molar-refractivity contribution in [1.82, 2.24) is 0 Å². The first kappa shape index (κ1) is 15.1. The molecule has 0 radical (unpaired) electrons. The monoisotopic (exact) mass is 237 g/mol. The SMILES string of the molecule is CCCCCC(CC)(CC)OP(=O)([O-])O. The summed E-state index contributed by atoms with van der Waals surface area (Å²) in [7, 11) is -4.62. The van der Waals surface area contributed by atoms with Gasteiger partial charge < -0.3 is 14.3 Å². The van der Waals surface area contributed by atoms with Gasteiger partial charge in [-0.15, -0.1) is 0 Å². The second-order valence-electron chi connectivity index (χ2n) is 3.91. The highest BCUT2D eigenvalue weighted by molar-refractivity contribution is 7.44. The summed E-state index contributed by atoms with van der Waals surface area (Å²) in [6.07, 6.45) is 4.94. The highest BCUT2D eigenvalue weighted by Gasteiger charge is 2.30. The molecule has 0 aromatic carbocycles. The van der Waals surface area contributed by atoms with Crippen LogP contribution in [0.4, 0.5) is 0 Å². The van der Waals surface area contributed by atoms with Crippen molar-refractivity contribution in [3.05, 3.63) is 0 Å². The molecule has 4 nitrogen and oxygen atoms in total. The standard InChI is InChI=1S/C10H23O4P/c1-4-7-8-9-10(5-2,6-3)14-15(11,12)13/h4-9H2,1-3H3,(H2,11,12,13)/p-1. The molecule has 0 aliphatic heterocycles. The Hall–Kier alpha value is 0.110. The van der Waals surface area contributed by atoms with Crippen molar-refractivity contribution in [1.29, 1.82) is 0 Å². The molecular weight excluding hydrogens is 215 g/mol. The van der Waals surface area contributed by atoms with Crippen LogP contribution < -0.4 is 4.89 Å². The lowest BCUT2D eigenvalue weighted by molar-refractivity contribution is -0.232. The van der Waals surface area contributed by atoms with Crippen LogP contribution in [-0.2, 0) is 9.09 Å². The van der Waals surface area contributed by atoms with Crippen molar-refractivity contribution >= 4 is 7.82 Å². The van der Waals surface area contributed by atoms with Crippen LogP contribution in [0.15, 0.2) is 0 Å². The Morgan fingerprint density at radius 3 is 2.13 bits per heavy atom. The molecule has 1 N–H and O–H groups in total. The van der Waals surface area contributed by atoms with Gasteiger partial charge in [-0.3, -0.25) is 4.57 Å². The Bertz CT molecular complexity index is 207. The van der Waals surface area contributed by atoms with Crippen molar-refractivity contribution in [2.75, 3.05) is 0 Å². The fourth-order valence-corrected chi connectivity index (χ4v) is 2.56. The third-order valence-electron chi connectivity index (χ3n) is 2.83. The van der Waals surface area contributed by atoms with Gasteiger partial charge >= 0.3 is 0 Å². The first-order valence-corrected chi connectivity index (χ1v) is 7.13. The molecule has 0 bridgehead atoms. The highest BCUT2D eigenvalue weighted by Crippen LogP contribution is 2.42. The van der Waals surface area contributed by atoms with Crippen LogP contribution in [-0.4, -0.2) is 10.5 Å². The van der Waals surface area contributed by atoms with Crippen LogP contribution in [0.1, 0.15) is 59.3 Å². The van der Waals surface area contributed by atoms with Crippen LogP contribution >= 0.6 is 7.82 Å². The van der Waals surface area contributed by atoms with E-state index < -0.39 is 13.4 Å². The average molecular weight is 237 g/mol. The summed E-state index contributed by atoms with van der Waals surface area (Å²) in [6, 6.07) is 0. The van der Waals surface area contributed by atoms with Gasteiger partial charge in [0.2, 0.25) is 0 Å². The Labute approximate surface area is 92.3 Å². The zero-order valence-electron chi connectivity index (χ0n) is 9.86. The summed E-state index contributed by atoms with van der Waals surface area (Å²) in [6.45, 7) is 5.85. The summed E-state index contributed by atoms with van der Waals surface area (Å²) in [5.41, 5.74) is -0.707. The largest absolute Gasteiger partial charge is 0.756 e. The first-order chi connectivity index (χ1) is 6.89. The normalized spacial score (nSPS) is 16.3. The number of hydrogen-bond donors (Lipinski definition) is 1. The molecule has 15 heavy (non-hydrogen) atoms. The molecular formula is C10H22O4P-. The molecule has 0 spiro atoms. The Morgan fingerprint density at radius 1 is 1.27 bits per heavy atom. The van der Waals surface area contributed by atoms with Gasteiger partial charge in [-0.25, -0.2) is 0 Å². The summed E-state index contributed by atoms with van der Waals surface area (Å²) < 4.78 is 15.6. The molecule has 92 valence electrons. The van der Waals surface area contributed by atoms with Gasteiger partial charge in [-0.05, 0) is 19.3 Å². The van der Waals surface area contributed by atoms with Crippen molar-refractivity contribution in [3.63, 3.8) is 0 Å². The van der Waals surface area contributed by atoms with Crippen molar-refractivity contribution in [3.8, 4) is 0 Å². The fourth-order valence-electron chi connectivity index (χ4n) is 1.72. The van der Waals surface area contributed by atoms with Crippen LogP contribution in [0.5, 0.6) is 0 Å². The summed E-state index contributed by atoms with van der Waals surface area (Å²) in [5.74, 6) is 0. The van der Waals surface area contributed by atoms with E-state index in [1.54, 1.807) is 0 Å². The van der Waals surface area contributed by atoms with Gasteiger partial charge in [0.15, 0.2) is 0 Å². The maximum Gasteiger partial charge on any atom is 0.265 e. The van der Waals surface area contributed by atoms with Gasteiger partial charge in [-0.2, -0.15) is 0 Å². The van der Waals surface area contributed by atoms with Crippen LogP contribution in [0.3, 0.4) is 0 Å². The lowest BCUT2D eigenvalue weighted by Gasteiger charge is -2.35. The highest BCUT2D eigenvalue weighted by atomic mass is 31.2. The van der Waals surface area contributed by atoms with E-state index in [2.05, 4.69) is 6.92 Å². The number of rotatable bonds is 8. The Kier molecular flexibility index (Phi) is 6.69. The van der Waals surface area contributed by atoms with Gasteiger partial charge in [0.25, 0.3) is 7.82 Å². The Balaban J connectivity index is 4.37. The van der Waals surface area contributed by atoms with E-state index in [4.69, 9.17) is 9.42 Å². The third-order valence-corrected chi connectivity index (χ3v) is 3.45. The fraction of sp³-hybridized carbons (Fsp3) is 1.00. The summed E-state index contributed by atoms with van der Waals surface area (Å²) >= 11 is 0. The molecule has 1 unspecified atom stereocenters. The van der Waals surface area contributed by atoms with Crippen LogP contribution in [0.25, 0.3) is 0 Å². The van der Waals surface area contributed by atoms with Gasteiger partial charge in [0.1, 0.15) is 0 Å².